The standard InChI is InChI=1S/C20H22N4O3S2/c1-3-15-12-17-18(21-13-22-19(17)28-15)23-8-10-24(11-9-23)20(25)14-4-6-16(7-5-14)29(2,26)27/h4-7,12-13H,3,8-11H2,1-2H3. The van der Waals surface area contributed by atoms with Crippen LogP contribution in [0.25, 0.3) is 10.2 Å². The van der Waals surface area contributed by atoms with E-state index in [1.807, 2.05) is 0 Å². The predicted molar refractivity (Wildman–Crippen MR) is 114 cm³/mol. The Kier molecular flexibility index (Phi) is 5.26. The molecule has 4 rings (SSSR count). The number of amides is 1. The molecule has 0 spiro atoms. The van der Waals surface area contributed by atoms with E-state index in [2.05, 4.69) is 27.9 Å². The molecular weight excluding hydrogens is 408 g/mol. The number of fused-ring (bicyclic) bond motifs is 1. The number of anilines is 1. The van der Waals surface area contributed by atoms with Crippen molar-refractivity contribution in [2.45, 2.75) is 18.2 Å². The van der Waals surface area contributed by atoms with Crippen LogP contribution < -0.4 is 4.90 Å². The highest BCUT2D eigenvalue weighted by atomic mass is 32.2. The molecule has 152 valence electrons. The van der Waals surface area contributed by atoms with Crippen molar-refractivity contribution in [2.24, 2.45) is 0 Å². The summed E-state index contributed by atoms with van der Waals surface area (Å²) in [6.45, 7) is 4.68. The van der Waals surface area contributed by atoms with Crippen LogP contribution in [0.3, 0.4) is 0 Å². The molecule has 0 radical (unpaired) electrons. The van der Waals surface area contributed by atoms with Crippen molar-refractivity contribution in [2.75, 3.05) is 37.3 Å². The van der Waals surface area contributed by atoms with Gasteiger partial charge in [-0.1, -0.05) is 6.92 Å². The normalized spacial score (nSPS) is 15.1. The number of piperazine rings is 1. The van der Waals surface area contributed by atoms with Gasteiger partial charge in [-0.2, -0.15) is 0 Å². The van der Waals surface area contributed by atoms with Crippen LogP contribution in [-0.2, 0) is 16.3 Å². The molecule has 0 bridgehead atoms. The van der Waals surface area contributed by atoms with Crippen LogP contribution >= 0.6 is 11.3 Å². The van der Waals surface area contributed by atoms with Crippen molar-refractivity contribution >= 4 is 43.1 Å². The van der Waals surface area contributed by atoms with Gasteiger partial charge in [0.05, 0.1) is 10.3 Å². The van der Waals surface area contributed by atoms with Gasteiger partial charge in [-0.05, 0) is 36.8 Å². The van der Waals surface area contributed by atoms with E-state index in [9.17, 15) is 13.2 Å². The monoisotopic (exact) mass is 430 g/mol. The summed E-state index contributed by atoms with van der Waals surface area (Å²) in [5, 5.41) is 1.07. The summed E-state index contributed by atoms with van der Waals surface area (Å²) >= 11 is 1.70. The van der Waals surface area contributed by atoms with Gasteiger partial charge in [0, 0.05) is 42.9 Å². The lowest BCUT2D eigenvalue weighted by atomic mass is 10.2. The molecule has 0 N–H and O–H groups in total. The second kappa shape index (κ2) is 7.72. The van der Waals surface area contributed by atoms with E-state index in [-0.39, 0.29) is 10.8 Å². The number of carbonyl (C=O) groups excluding carboxylic acids is 1. The Morgan fingerprint density at radius 2 is 1.79 bits per heavy atom. The molecule has 0 atom stereocenters. The maximum atomic E-state index is 12.8. The van der Waals surface area contributed by atoms with Gasteiger partial charge in [0.15, 0.2) is 9.84 Å². The molecule has 0 unspecified atom stereocenters. The number of hydrogen-bond acceptors (Lipinski definition) is 7. The molecule has 3 heterocycles. The van der Waals surface area contributed by atoms with Gasteiger partial charge in [0.25, 0.3) is 5.91 Å². The number of carbonyl (C=O) groups is 1. The molecule has 0 aliphatic carbocycles. The minimum Gasteiger partial charge on any atom is -0.352 e. The fraction of sp³-hybridized carbons (Fsp3) is 0.350. The minimum atomic E-state index is -3.27. The summed E-state index contributed by atoms with van der Waals surface area (Å²) < 4.78 is 23.2. The fourth-order valence-electron chi connectivity index (χ4n) is 3.47. The molecule has 3 aromatic rings. The van der Waals surface area contributed by atoms with Crippen LogP contribution in [0.1, 0.15) is 22.2 Å². The third kappa shape index (κ3) is 3.97. The Hall–Kier alpha value is -2.52. The highest BCUT2D eigenvalue weighted by Crippen LogP contribution is 2.31. The number of hydrogen-bond donors (Lipinski definition) is 0. The fourth-order valence-corrected chi connectivity index (χ4v) is 5.03. The molecule has 7 nitrogen and oxygen atoms in total. The molecule has 1 aliphatic heterocycles. The summed E-state index contributed by atoms with van der Waals surface area (Å²) in [6.07, 6.45) is 3.74. The lowest BCUT2D eigenvalue weighted by Gasteiger charge is -2.35. The van der Waals surface area contributed by atoms with Gasteiger partial charge in [-0.3, -0.25) is 4.79 Å². The van der Waals surface area contributed by atoms with E-state index in [1.165, 1.54) is 17.0 Å². The van der Waals surface area contributed by atoms with E-state index in [1.54, 1.807) is 34.7 Å². The summed E-state index contributed by atoms with van der Waals surface area (Å²) in [7, 11) is -3.27. The zero-order valence-electron chi connectivity index (χ0n) is 16.3. The van der Waals surface area contributed by atoms with E-state index in [0.717, 1.165) is 28.7 Å². The van der Waals surface area contributed by atoms with Crippen LogP contribution in [0, 0.1) is 0 Å². The van der Waals surface area contributed by atoms with Gasteiger partial charge in [0.2, 0.25) is 0 Å². The molecule has 9 heteroatoms. The number of aromatic nitrogens is 2. The van der Waals surface area contributed by atoms with Crippen molar-refractivity contribution in [1.29, 1.82) is 0 Å². The second-order valence-corrected chi connectivity index (χ2v) is 10.2. The van der Waals surface area contributed by atoms with E-state index in [4.69, 9.17) is 0 Å². The highest BCUT2D eigenvalue weighted by Gasteiger charge is 2.24. The van der Waals surface area contributed by atoms with Gasteiger partial charge < -0.3 is 9.80 Å². The van der Waals surface area contributed by atoms with Crippen LogP contribution in [0.15, 0.2) is 41.6 Å². The van der Waals surface area contributed by atoms with Crippen molar-refractivity contribution in [1.82, 2.24) is 14.9 Å². The van der Waals surface area contributed by atoms with Crippen molar-refractivity contribution in [3.05, 3.63) is 47.1 Å². The van der Waals surface area contributed by atoms with Crippen LogP contribution in [0.5, 0.6) is 0 Å². The average molecular weight is 431 g/mol. The quantitative estimate of drug-likeness (QED) is 0.633. The predicted octanol–water partition coefficient (Wildman–Crippen LogP) is 2.62. The first-order valence-electron chi connectivity index (χ1n) is 9.44. The SMILES string of the molecule is CCc1cc2c(N3CCN(C(=O)c4ccc(S(C)(=O)=O)cc4)CC3)ncnc2s1. The Balaban J connectivity index is 1.47. The minimum absolute atomic E-state index is 0.0821. The van der Waals surface area contributed by atoms with Crippen LogP contribution in [-0.4, -0.2) is 61.6 Å². The van der Waals surface area contributed by atoms with E-state index >= 15 is 0 Å². The molecule has 2 aromatic heterocycles. The molecule has 1 fully saturated rings. The first-order chi connectivity index (χ1) is 13.9. The van der Waals surface area contributed by atoms with Gasteiger partial charge >= 0.3 is 0 Å². The van der Waals surface area contributed by atoms with E-state index < -0.39 is 9.84 Å². The highest BCUT2D eigenvalue weighted by molar-refractivity contribution is 7.90. The Labute approximate surface area is 173 Å². The zero-order chi connectivity index (χ0) is 20.6. The first-order valence-corrected chi connectivity index (χ1v) is 12.2. The average Bonchev–Trinajstić information content (AvgIpc) is 3.16. The smallest absolute Gasteiger partial charge is 0.253 e. The number of benzene rings is 1. The summed E-state index contributed by atoms with van der Waals surface area (Å²) in [5.41, 5.74) is 0.501. The van der Waals surface area contributed by atoms with Crippen molar-refractivity contribution in [3.63, 3.8) is 0 Å². The molecule has 1 aliphatic rings. The number of rotatable bonds is 4. The molecular formula is C20H22N4O3S2. The van der Waals surface area contributed by atoms with Gasteiger partial charge in [-0.25, -0.2) is 18.4 Å². The Bertz CT molecular complexity index is 1150. The molecule has 0 saturated carbocycles. The number of sulfone groups is 1. The largest absolute Gasteiger partial charge is 0.352 e. The van der Waals surface area contributed by atoms with Crippen LogP contribution in [0.2, 0.25) is 0 Å². The molecule has 1 aromatic carbocycles. The lowest BCUT2D eigenvalue weighted by Crippen LogP contribution is -2.49. The first kappa shape index (κ1) is 19.8. The Morgan fingerprint density at radius 1 is 1.10 bits per heavy atom. The molecule has 1 amide bonds. The third-order valence-corrected chi connectivity index (χ3v) is 7.42. The van der Waals surface area contributed by atoms with Gasteiger partial charge in [0.1, 0.15) is 17.0 Å². The maximum absolute atomic E-state index is 12.8. The maximum Gasteiger partial charge on any atom is 0.253 e. The van der Waals surface area contributed by atoms with Gasteiger partial charge in [-0.15, -0.1) is 11.3 Å². The molecule has 1 saturated heterocycles. The number of nitrogens with zero attached hydrogens (tertiary/aromatic N) is 4. The second-order valence-electron chi connectivity index (χ2n) is 7.06. The number of thiophene rings is 1. The van der Waals surface area contributed by atoms with Crippen molar-refractivity contribution in [3.8, 4) is 0 Å². The lowest BCUT2D eigenvalue weighted by molar-refractivity contribution is 0.0746. The van der Waals surface area contributed by atoms with Crippen molar-refractivity contribution < 1.29 is 13.2 Å². The number of aryl methyl sites for hydroxylation is 1. The Morgan fingerprint density at radius 3 is 2.41 bits per heavy atom. The summed E-state index contributed by atoms with van der Waals surface area (Å²) in [5.74, 6) is 0.844. The topological polar surface area (TPSA) is 83.5 Å². The molecule has 29 heavy (non-hydrogen) atoms. The third-order valence-electron chi connectivity index (χ3n) is 5.10. The van der Waals surface area contributed by atoms with Crippen LogP contribution in [0.4, 0.5) is 5.82 Å². The van der Waals surface area contributed by atoms with E-state index in [0.29, 0.717) is 31.7 Å². The zero-order valence-corrected chi connectivity index (χ0v) is 18.0. The summed E-state index contributed by atoms with van der Waals surface area (Å²) in [6, 6.07) is 8.29. The summed E-state index contributed by atoms with van der Waals surface area (Å²) in [4.78, 5) is 28.2.